The molecule has 0 saturated carbocycles. The van der Waals surface area contributed by atoms with Gasteiger partial charge in [0, 0.05) is 13.1 Å². The lowest BCUT2D eigenvalue weighted by Crippen LogP contribution is -2.46. The lowest BCUT2D eigenvalue weighted by Gasteiger charge is -2.27. The minimum Gasteiger partial charge on any atom is -0.495 e. The third-order valence-corrected chi connectivity index (χ3v) is 5.14. The van der Waals surface area contributed by atoms with Crippen molar-refractivity contribution in [1.82, 2.24) is 5.06 Å². The summed E-state index contributed by atoms with van der Waals surface area (Å²) in [6, 6.07) is 14.2. The minimum absolute atomic E-state index is 0.0448. The smallest absolute Gasteiger partial charge is 0.357 e. The molecule has 1 amide bonds. The number of hydroxylamine groups is 2. The van der Waals surface area contributed by atoms with Crippen LogP contribution in [0.5, 0.6) is 5.75 Å². The average molecular weight is 366 g/mol. The topological polar surface area (TPSA) is 59.1 Å². The monoisotopic (exact) mass is 366 g/mol. The SMILES string of the molecule is COc1cccc2c1N(C(=O)[C@H]1CCCN1OC(=O)c1ccccc1)CC2. The van der Waals surface area contributed by atoms with Gasteiger partial charge < -0.3 is 14.5 Å². The lowest BCUT2D eigenvalue weighted by atomic mass is 10.1. The molecule has 0 radical (unpaired) electrons. The number of methoxy groups -OCH3 is 1. The van der Waals surface area contributed by atoms with Crippen molar-refractivity contribution in [3.63, 3.8) is 0 Å². The summed E-state index contributed by atoms with van der Waals surface area (Å²) in [6.45, 7) is 1.17. The summed E-state index contributed by atoms with van der Waals surface area (Å²) in [4.78, 5) is 32.9. The lowest BCUT2D eigenvalue weighted by molar-refractivity contribution is -0.146. The van der Waals surface area contributed by atoms with E-state index in [4.69, 9.17) is 9.57 Å². The second-order valence-electron chi connectivity index (χ2n) is 6.75. The number of carbonyl (C=O) groups is 2. The Hall–Kier alpha value is -2.86. The maximum Gasteiger partial charge on any atom is 0.357 e. The van der Waals surface area contributed by atoms with Crippen LogP contribution in [-0.2, 0) is 16.1 Å². The Morgan fingerprint density at radius 1 is 1.04 bits per heavy atom. The number of para-hydroxylation sites is 1. The van der Waals surface area contributed by atoms with Gasteiger partial charge in [0.1, 0.15) is 11.8 Å². The first kappa shape index (κ1) is 17.5. The summed E-state index contributed by atoms with van der Waals surface area (Å²) in [6.07, 6.45) is 2.28. The van der Waals surface area contributed by atoms with E-state index in [-0.39, 0.29) is 5.91 Å². The van der Waals surface area contributed by atoms with Crippen molar-refractivity contribution in [2.75, 3.05) is 25.1 Å². The normalized spacial score (nSPS) is 19.0. The Morgan fingerprint density at radius 2 is 1.85 bits per heavy atom. The van der Waals surface area contributed by atoms with Gasteiger partial charge in [-0.05, 0) is 43.0 Å². The first-order valence-electron chi connectivity index (χ1n) is 9.20. The van der Waals surface area contributed by atoms with Gasteiger partial charge in [0.05, 0.1) is 18.4 Å². The number of anilines is 1. The first-order valence-corrected chi connectivity index (χ1v) is 9.20. The summed E-state index contributed by atoms with van der Waals surface area (Å²) in [5.74, 6) is 0.218. The van der Waals surface area contributed by atoms with Gasteiger partial charge in [-0.15, -0.1) is 5.06 Å². The van der Waals surface area contributed by atoms with E-state index in [2.05, 4.69) is 0 Å². The van der Waals surface area contributed by atoms with Crippen LogP contribution in [0.1, 0.15) is 28.8 Å². The van der Waals surface area contributed by atoms with Crippen molar-refractivity contribution in [2.24, 2.45) is 0 Å². The Bertz CT molecular complexity index is 853. The highest BCUT2D eigenvalue weighted by Crippen LogP contribution is 2.38. The summed E-state index contributed by atoms with van der Waals surface area (Å²) < 4.78 is 5.46. The maximum absolute atomic E-state index is 13.2. The van der Waals surface area contributed by atoms with Gasteiger partial charge >= 0.3 is 5.97 Å². The molecule has 0 unspecified atom stereocenters. The molecule has 2 aliphatic rings. The predicted octanol–water partition coefficient (Wildman–Crippen LogP) is 2.82. The van der Waals surface area contributed by atoms with Gasteiger partial charge in [0.2, 0.25) is 5.91 Å². The number of fused-ring (bicyclic) bond motifs is 1. The van der Waals surface area contributed by atoms with Gasteiger partial charge in [0.15, 0.2) is 0 Å². The molecule has 6 heteroatoms. The first-order chi connectivity index (χ1) is 13.2. The number of hydrogen-bond acceptors (Lipinski definition) is 5. The van der Waals surface area contributed by atoms with Crippen LogP contribution < -0.4 is 9.64 Å². The molecule has 0 aliphatic carbocycles. The molecule has 1 saturated heterocycles. The molecule has 0 bridgehead atoms. The molecule has 2 aromatic rings. The van der Waals surface area contributed by atoms with E-state index in [9.17, 15) is 9.59 Å². The van der Waals surface area contributed by atoms with E-state index in [1.54, 1.807) is 36.3 Å². The number of hydrogen-bond donors (Lipinski definition) is 0. The molecular weight excluding hydrogens is 344 g/mol. The largest absolute Gasteiger partial charge is 0.495 e. The van der Waals surface area contributed by atoms with Crippen LogP contribution in [0.2, 0.25) is 0 Å². The van der Waals surface area contributed by atoms with E-state index in [0.29, 0.717) is 30.8 Å². The van der Waals surface area contributed by atoms with Crippen molar-refractivity contribution >= 4 is 17.6 Å². The van der Waals surface area contributed by atoms with Crippen LogP contribution in [0, 0.1) is 0 Å². The van der Waals surface area contributed by atoms with Crippen LogP contribution in [-0.4, -0.2) is 43.2 Å². The molecule has 6 nitrogen and oxygen atoms in total. The second kappa shape index (κ2) is 7.40. The van der Waals surface area contributed by atoms with Crippen LogP contribution in [0.25, 0.3) is 0 Å². The fourth-order valence-corrected chi connectivity index (χ4v) is 3.81. The van der Waals surface area contributed by atoms with E-state index >= 15 is 0 Å². The molecule has 27 heavy (non-hydrogen) atoms. The van der Waals surface area contributed by atoms with Gasteiger partial charge in [-0.2, -0.15) is 0 Å². The van der Waals surface area contributed by atoms with Crippen molar-refractivity contribution in [2.45, 2.75) is 25.3 Å². The molecule has 2 aromatic carbocycles. The molecule has 1 fully saturated rings. The molecule has 0 aromatic heterocycles. The van der Waals surface area contributed by atoms with Gasteiger partial charge in [-0.25, -0.2) is 4.79 Å². The van der Waals surface area contributed by atoms with Gasteiger partial charge in [-0.3, -0.25) is 4.79 Å². The fourth-order valence-electron chi connectivity index (χ4n) is 3.81. The number of rotatable bonds is 4. The average Bonchev–Trinajstić information content (AvgIpc) is 3.35. The summed E-state index contributed by atoms with van der Waals surface area (Å²) in [7, 11) is 1.61. The summed E-state index contributed by atoms with van der Waals surface area (Å²) in [5, 5.41) is 1.53. The van der Waals surface area contributed by atoms with Crippen LogP contribution >= 0.6 is 0 Å². The highest BCUT2D eigenvalue weighted by molar-refractivity contribution is 6.00. The molecule has 0 spiro atoms. The fraction of sp³-hybridized carbons (Fsp3) is 0.333. The standard InChI is InChI=1S/C21H22N2O4/c1-26-18-11-5-9-15-12-14-22(19(15)18)20(24)17-10-6-13-23(17)27-21(25)16-7-3-2-4-8-16/h2-5,7-9,11,17H,6,10,12-14H2,1H3/t17-/m1/s1. The number of ether oxygens (including phenoxy) is 1. The number of benzene rings is 2. The quantitative estimate of drug-likeness (QED) is 0.833. The molecule has 0 N–H and O–H groups in total. The number of carbonyl (C=O) groups excluding carboxylic acids is 2. The molecule has 2 heterocycles. The Morgan fingerprint density at radius 3 is 2.63 bits per heavy atom. The van der Waals surface area contributed by atoms with E-state index in [1.165, 1.54) is 5.06 Å². The second-order valence-corrected chi connectivity index (χ2v) is 6.75. The van der Waals surface area contributed by atoms with Crippen LogP contribution in [0.3, 0.4) is 0 Å². The van der Waals surface area contributed by atoms with Crippen molar-refractivity contribution in [3.05, 3.63) is 59.7 Å². The maximum atomic E-state index is 13.2. The zero-order valence-electron chi connectivity index (χ0n) is 15.3. The highest BCUT2D eigenvalue weighted by Gasteiger charge is 2.39. The molecule has 140 valence electrons. The van der Waals surface area contributed by atoms with E-state index < -0.39 is 12.0 Å². The minimum atomic E-state index is -0.464. The Kier molecular flexibility index (Phi) is 4.81. The summed E-state index contributed by atoms with van der Waals surface area (Å²) in [5.41, 5.74) is 2.42. The highest BCUT2D eigenvalue weighted by atomic mass is 16.7. The van der Waals surface area contributed by atoms with Crippen LogP contribution in [0.15, 0.2) is 48.5 Å². The number of nitrogens with zero attached hydrogens (tertiary/aromatic N) is 2. The van der Waals surface area contributed by atoms with Gasteiger partial charge in [-0.1, -0.05) is 30.3 Å². The number of amides is 1. The van der Waals surface area contributed by atoms with Crippen molar-refractivity contribution in [3.8, 4) is 5.75 Å². The molecule has 2 aliphatic heterocycles. The zero-order valence-corrected chi connectivity index (χ0v) is 15.3. The molecular formula is C21H22N2O4. The van der Waals surface area contributed by atoms with Crippen molar-refractivity contribution < 1.29 is 19.2 Å². The third kappa shape index (κ3) is 3.28. The summed E-state index contributed by atoms with van der Waals surface area (Å²) >= 11 is 0. The molecule has 1 atom stereocenters. The van der Waals surface area contributed by atoms with E-state index in [0.717, 1.165) is 24.1 Å². The van der Waals surface area contributed by atoms with Crippen molar-refractivity contribution in [1.29, 1.82) is 0 Å². The Labute approximate surface area is 158 Å². The van der Waals surface area contributed by atoms with E-state index in [1.807, 2.05) is 24.3 Å². The van der Waals surface area contributed by atoms with Crippen LogP contribution in [0.4, 0.5) is 5.69 Å². The molecule has 4 rings (SSSR count). The van der Waals surface area contributed by atoms with Gasteiger partial charge in [0.25, 0.3) is 0 Å². The Balaban J connectivity index is 1.52. The zero-order chi connectivity index (χ0) is 18.8. The third-order valence-electron chi connectivity index (χ3n) is 5.14. The predicted molar refractivity (Wildman–Crippen MR) is 101 cm³/mol.